The summed E-state index contributed by atoms with van der Waals surface area (Å²) in [5.41, 5.74) is 2.01. The van der Waals surface area contributed by atoms with Crippen LogP contribution in [0.25, 0.3) is 5.69 Å². The zero-order chi connectivity index (χ0) is 18.4. The molecule has 2 aromatic carbocycles. The minimum Gasteiger partial charge on any atom is -0.490 e. The first-order valence-electron chi connectivity index (χ1n) is 8.25. The number of aromatic nitrogens is 4. The molecule has 0 bridgehead atoms. The second kappa shape index (κ2) is 8.88. The Labute approximate surface area is 160 Å². The lowest BCUT2D eigenvalue weighted by atomic mass is 10.1. The summed E-state index contributed by atoms with van der Waals surface area (Å²) in [7, 11) is 0. The number of benzene rings is 2. The molecule has 0 spiro atoms. The summed E-state index contributed by atoms with van der Waals surface area (Å²) in [5.74, 6) is 0.720. The first-order valence-corrected chi connectivity index (χ1v) is 9.05. The summed E-state index contributed by atoms with van der Waals surface area (Å²) >= 11 is 3.42. The molecule has 1 aromatic heterocycles. The zero-order valence-corrected chi connectivity index (χ0v) is 15.9. The minimum absolute atomic E-state index is 0.0935. The van der Waals surface area contributed by atoms with Gasteiger partial charge in [0.05, 0.1) is 10.2 Å². The minimum atomic E-state index is -0.606. The molecule has 0 fully saturated rings. The molecule has 0 aliphatic heterocycles. The van der Waals surface area contributed by atoms with Crippen LogP contribution in [0.1, 0.15) is 18.5 Å². The summed E-state index contributed by atoms with van der Waals surface area (Å²) in [4.78, 5) is 0. The van der Waals surface area contributed by atoms with E-state index in [4.69, 9.17) is 4.74 Å². The molecule has 3 aromatic rings. The van der Waals surface area contributed by atoms with Crippen LogP contribution in [0.3, 0.4) is 0 Å². The molecular formula is C18H20BrN5O2. The molecule has 0 aliphatic carbocycles. The third kappa shape index (κ3) is 4.87. The number of para-hydroxylation sites is 1. The van der Waals surface area contributed by atoms with E-state index in [0.717, 1.165) is 21.5 Å². The number of hydrogen-bond acceptors (Lipinski definition) is 6. The molecule has 3 rings (SSSR count). The summed E-state index contributed by atoms with van der Waals surface area (Å²) in [6.45, 7) is 2.70. The number of tetrazole rings is 1. The summed E-state index contributed by atoms with van der Waals surface area (Å²) in [5, 5.41) is 24.6. The Morgan fingerprint density at radius 2 is 1.96 bits per heavy atom. The highest BCUT2D eigenvalue weighted by Gasteiger charge is 2.11. The SMILES string of the molecule is CC(NCC(O)COc1ccccc1Br)c1ccc(-n2cnnn2)cc1. The van der Waals surface area contributed by atoms with Crippen molar-refractivity contribution in [1.82, 2.24) is 25.5 Å². The Balaban J connectivity index is 1.47. The highest BCUT2D eigenvalue weighted by Crippen LogP contribution is 2.23. The molecule has 26 heavy (non-hydrogen) atoms. The van der Waals surface area contributed by atoms with E-state index in [1.807, 2.05) is 55.5 Å². The highest BCUT2D eigenvalue weighted by atomic mass is 79.9. The van der Waals surface area contributed by atoms with Gasteiger partial charge in [0.15, 0.2) is 0 Å². The maximum Gasteiger partial charge on any atom is 0.143 e. The Bertz CT molecular complexity index is 811. The first-order chi connectivity index (χ1) is 12.6. The second-order valence-electron chi connectivity index (χ2n) is 5.87. The molecule has 0 saturated carbocycles. The topological polar surface area (TPSA) is 85.1 Å². The fraction of sp³-hybridized carbons (Fsp3) is 0.278. The van der Waals surface area contributed by atoms with Gasteiger partial charge in [0, 0.05) is 12.6 Å². The van der Waals surface area contributed by atoms with Crippen LogP contribution in [0, 0.1) is 0 Å². The molecule has 136 valence electrons. The maximum absolute atomic E-state index is 10.1. The van der Waals surface area contributed by atoms with Crippen LogP contribution in [0.4, 0.5) is 0 Å². The largest absolute Gasteiger partial charge is 0.490 e. The third-order valence-corrected chi connectivity index (χ3v) is 4.59. The number of aliphatic hydroxyl groups excluding tert-OH is 1. The number of nitrogens with zero attached hydrogens (tertiary/aromatic N) is 4. The quantitative estimate of drug-likeness (QED) is 0.585. The van der Waals surface area contributed by atoms with Gasteiger partial charge < -0.3 is 15.2 Å². The highest BCUT2D eigenvalue weighted by molar-refractivity contribution is 9.10. The number of rotatable bonds is 8. The third-order valence-electron chi connectivity index (χ3n) is 3.93. The van der Waals surface area contributed by atoms with E-state index in [9.17, 15) is 5.11 Å². The van der Waals surface area contributed by atoms with E-state index in [0.29, 0.717) is 6.54 Å². The molecule has 0 amide bonds. The maximum atomic E-state index is 10.1. The van der Waals surface area contributed by atoms with Crippen molar-refractivity contribution < 1.29 is 9.84 Å². The van der Waals surface area contributed by atoms with Crippen LogP contribution >= 0.6 is 15.9 Å². The Kier molecular flexibility index (Phi) is 6.32. The fourth-order valence-electron chi connectivity index (χ4n) is 2.43. The smallest absolute Gasteiger partial charge is 0.143 e. The lowest BCUT2D eigenvalue weighted by molar-refractivity contribution is 0.104. The Morgan fingerprint density at radius 1 is 1.19 bits per heavy atom. The predicted octanol–water partition coefficient (Wildman–Crippen LogP) is 2.52. The van der Waals surface area contributed by atoms with Crippen LogP contribution in [0.15, 0.2) is 59.3 Å². The van der Waals surface area contributed by atoms with E-state index in [2.05, 4.69) is 36.8 Å². The van der Waals surface area contributed by atoms with Crippen molar-refractivity contribution in [3.8, 4) is 11.4 Å². The average molecular weight is 418 g/mol. The average Bonchev–Trinajstić information content (AvgIpc) is 3.20. The lowest BCUT2D eigenvalue weighted by Gasteiger charge is -2.18. The van der Waals surface area contributed by atoms with E-state index in [-0.39, 0.29) is 12.6 Å². The van der Waals surface area contributed by atoms with Gasteiger partial charge in [0.2, 0.25) is 0 Å². The summed E-state index contributed by atoms with van der Waals surface area (Å²) in [6, 6.07) is 15.6. The van der Waals surface area contributed by atoms with Crippen molar-refractivity contribution in [2.24, 2.45) is 0 Å². The lowest BCUT2D eigenvalue weighted by Crippen LogP contribution is -2.33. The van der Waals surface area contributed by atoms with E-state index >= 15 is 0 Å². The van der Waals surface area contributed by atoms with Gasteiger partial charge in [-0.3, -0.25) is 0 Å². The monoisotopic (exact) mass is 417 g/mol. The van der Waals surface area contributed by atoms with E-state index in [1.165, 1.54) is 0 Å². The van der Waals surface area contributed by atoms with Crippen molar-refractivity contribution in [2.45, 2.75) is 19.1 Å². The molecule has 1 heterocycles. The van der Waals surface area contributed by atoms with Crippen LogP contribution < -0.4 is 10.1 Å². The van der Waals surface area contributed by atoms with Crippen LogP contribution in [0.2, 0.25) is 0 Å². The van der Waals surface area contributed by atoms with Gasteiger partial charge in [0.25, 0.3) is 0 Å². The van der Waals surface area contributed by atoms with Gasteiger partial charge in [-0.1, -0.05) is 24.3 Å². The molecular weight excluding hydrogens is 398 g/mol. The molecule has 0 saturated heterocycles. The normalized spacial score (nSPS) is 13.3. The predicted molar refractivity (Wildman–Crippen MR) is 101 cm³/mol. The van der Waals surface area contributed by atoms with E-state index in [1.54, 1.807) is 11.0 Å². The van der Waals surface area contributed by atoms with Gasteiger partial charge in [-0.25, -0.2) is 4.68 Å². The van der Waals surface area contributed by atoms with Crippen molar-refractivity contribution >= 4 is 15.9 Å². The molecule has 2 atom stereocenters. The number of aliphatic hydroxyl groups is 1. The first kappa shape index (κ1) is 18.5. The summed E-state index contributed by atoms with van der Waals surface area (Å²) in [6.07, 6.45) is 0.947. The van der Waals surface area contributed by atoms with Crippen molar-refractivity contribution in [3.05, 3.63) is 64.9 Å². The number of ether oxygens (including phenoxy) is 1. The second-order valence-corrected chi connectivity index (χ2v) is 6.73. The van der Waals surface area contributed by atoms with E-state index < -0.39 is 6.10 Å². The van der Waals surface area contributed by atoms with Gasteiger partial charge in [-0.15, -0.1) is 5.10 Å². The van der Waals surface area contributed by atoms with Crippen LogP contribution in [-0.4, -0.2) is 44.6 Å². The number of hydrogen-bond donors (Lipinski definition) is 2. The van der Waals surface area contributed by atoms with Gasteiger partial charge >= 0.3 is 0 Å². The fourth-order valence-corrected chi connectivity index (χ4v) is 2.83. The number of halogens is 1. The van der Waals surface area contributed by atoms with Crippen molar-refractivity contribution in [2.75, 3.05) is 13.2 Å². The van der Waals surface area contributed by atoms with Crippen LogP contribution in [0.5, 0.6) is 5.75 Å². The van der Waals surface area contributed by atoms with Crippen molar-refractivity contribution in [1.29, 1.82) is 0 Å². The molecule has 0 aliphatic rings. The standard InChI is InChI=1S/C18H20BrN5O2/c1-13(14-6-8-15(9-7-14)24-12-21-22-23-24)20-10-16(25)11-26-18-5-3-2-4-17(18)19/h2-9,12-13,16,20,25H,10-11H2,1H3. The number of nitrogens with one attached hydrogen (secondary N) is 1. The zero-order valence-electron chi connectivity index (χ0n) is 14.3. The van der Waals surface area contributed by atoms with Gasteiger partial charge in [-0.2, -0.15) is 0 Å². The van der Waals surface area contributed by atoms with Gasteiger partial charge in [-0.05, 0) is 63.1 Å². The Morgan fingerprint density at radius 3 is 2.65 bits per heavy atom. The van der Waals surface area contributed by atoms with Gasteiger partial charge in [0.1, 0.15) is 24.8 Å². The molecule has 2 unspecified atom stereocenters. The Hall–Kier alpha value is -2.29. The molecule has 7 nitrogen and oxygen atoms in total. The molecule has 2 N–H and O–H groups in total. The summed E-state index contributed by atoms with van der Waals surface area (Å²) < 4.78 is 8.11. The van der Waals surface area contributed by atoms with Crippen molar-refractivity contribution in [3.63, 3.8) is 0 Å². The molecule has 0 radical (unpaired) electrons. The molecule has 8 heteroatoms. The van der Waals surface area contributed by atoms with Crippen LogP contribution in [-0.2, 0) is 0 Å².